The van der Waals surface area contributed by atoms with E-state index in [1.807, 2.05) is 0 Å². The topological polar surface area (TPSA) is 132 Å². The molecule has 1 aromatic rings. The van der Waals surface area contributed by atoms with E-state index in [1.165, 1.54) is 31.0 Å². The molecule has 9 nitrogen and oxygen atoms in total. The zero-order valence-corrected chi connectivity index (χ0v) is 15.4. The normalized spacial score (nSPS) is 28.5. The zero-order valence-electron chi connectivity index (χ0n) is 13.8. The van der Waals surface area contributed by atoms with Crippen molar-refractivity contribution in [2.24, 2.45) is 0 Å². The molecule has 0 radical (unpaired) electrons. The van der Waals surface area contributed by atoms with Crippen molar-refractivity contribution in [1.29, 1.82) is 0 Å². The first-order valence-electron chi connectivity index (χ1n) is 7.58. The second-order valence-electron chi connectivity index (χ2n) is 5.52. The van der Waals surface area contributed by atoms with Crippen molar-refractivity contribution in [3.8, 4) is 0 Å². The maximum atomic E-state index is 10.6. The van der Waals surface area contributed by atoms with Crippen LogP contribution in [-0.4, -0.2) is 69.0 Å². The highest BCUT2D eigenvalue weighted by atomic mass is 32.2. The Hall–Kier alpha value is -1.34. The minimum atomic E-state index is -1.43. The van der Waals surface area contributed by atoms with Gasteiger partial charge in [0.15, 0.2) is 6.29 Å². The lowest BCUT2D eigenvalue weighted by Gasteiger charge is -2.39. The van der Waals surface area contributed by atoms with Crippen molar-refractivity contribution in [2.45, 2.75) is 36.5 Å². The van der Waals surface area contributed by atoms with Gasteiger partial charge in [-0.25, -0.2) is 0 Å². The molecule has 0 aliphatic carbocycles. The van der Waals surface area contributed by atoms with E-state index in [1.54, 1.807) is 12.1 Å². The monoisotopic (exact) mass is 405 g/mol. The summed E-state index contributed by atoms with van der Waals surface area (Å²) in [5, 5.41) is 40.0. The van der Waals surface area contributed by atoms with Crippen LogP contribution in [0.2, 0.25) is 0 Å². The molecule has 0 aromatic heterocycles. The summed E-state index contributed by atoms with van der Waals surface area (Å²) < 4.78 is 15.8. The molecule has 1 fully saturated rings. The largest absolute Gasteiger partial charge is 0.476 e. The van der Waals surface area contributed by atoms with Crippen LogP contribution < -0.4 is 0 Å². The fourth-order valence-corrected chi connectivity index (χ4v) is 3.17. The van der Waals surface area contributed by atoms with Crippen LogP contribution in [0.4, 0.5) is 5.69 Å². The fourth-order valence-electron chi connectivity index (χ4n) is 2.30. The standard InChI is InChI=1S/C15H19NO8S2/c1-22-14-13(19)12(18)11(17)10(24-14)6-23-15(25)26-7-8-2-4-9(5-3-8)16(20)21/h2-5,10-14,17-19H,6-7H2,1H3/t10-,11-,12+,13-,14+/m1/s1. The number of thiocarbonyl (C=S) groups is 1. The highest BCUT2D eigenvalue weighted by molar-refractivity contribution is 8.22. The maximum Gasteiger partial charge on any atom is 0.269 e. The Bertz CT molecular complexity index is 627. The number of hydrogen-bond donors (Lipinski definition) is 3. The lowest BCUT2D eigenvalue weighted by atomic mass is 9.99. The van der Waals surface area contributed by atoms with E-state index in [4.69, 9.17) is 26.4 Å². The third-order valence-corrected chi connectivity index (χ3v) is 5.07. The third kappa shape index (κ3) is 5.33. The first-order chi connectivity index (χ1) is 12.3. The minimum Gasteiger partial charge on any atom is -0.476 e. The second-order valence-corrected chi connectivity index (χ2v) is 7.10. The molecule has 0 unspecified atom stereocenters. The van der Waals surface area contributed by atoms with E-state index in [-0.39, 0.29) is 16.7 Å². The van der Waals surface area contributed by atoms with Gasteiger partial charge in [-0.2, -0.15) is 0 Å². The molecule has 1 aliphatic heterocycles. The number of aliphatic hydroxyl groups is 3. The molecule has 26 heavy (non-hydrogen) atoms. The van der Waals surface area contributed by atoms with E-state index in [2.05, 4.69) is 0 Å². The van der Waals surface area contributed by atoms with Crippen LogP contribution in [-0.2, 0) is 20.0 Å². The molecule has 11 heteroatoms. The summed E-state index contributed by atoms with van der Waals surface area (Å²) >= 11 is 6.29. The first kappa shape index (κ1) is 21.0. The number of nitro groups is 1. The highest BCUT2D eigenvalue weighted by Gasteiger charge is 2.44. The number of methoxy groups -OCH3 is 1. The van der Waals surface area contributed by atoms with Crippen LogP contribution in [0.25, 0.3) is 0 Å². The van der Waals surface area contributed by atoms with Crippen LogP contribution in [0.1, 0.15) is 5.56 Å². The molecule has 0 spiro atoms. The molecule has 0 bridgehead atoms. The Morgan fingerprint density at radius 3 is 2.50 bits per heavy atom. The SMILES string of the molecule is CO[C@H]1O[C@H](COC(=S)SCc2ccc([N+](=O)[O-])cc2)[C@@H](O)[C@H](O)[C@H]1O. The fraction of sp³-hybridized carbons (Fsp3) is 0.533. The van der Waals surface area contributed by atoms with E-state index in [0.29, 0.717) is 5.75 Å². The molecular formula is C15H19NO8S2. The van der Waals surface area contributed by atoms with E-state index >= 15 is 0 Å². The molecule has 1 aromatic carbocycles. The lowest BCUT2D eigenvalue weighted by molar-refractivity contribution is -0.384. The summed E-state index contributed by atoms with van der Waals surface area (Å²) in [6.45, 7) is -0.128. The number of hydrogen-bond acceptors (Lipinski definition) is 10. The van der Waals surface area contributed by atoms with Crippen molar-refractivity contribution in [1.82, 2.24) is 0 Å². The van der Waals surface area contributed by atoms with Crippen molar-refractivity contribution in [2.75, 3.05) is 13.7 Å². The van der Waals surface area contributed by atoms with Gasteiger partial charge in [0.05, 0.1) is 4.92 Å². The Labute approximate surface area is 159 Å². The van der Waals surface area contributed by atoms with Gasteiger partial charge in [0.1, 0.15) is 31.0 Å². The number of benzene rings is 1. The average molecular weight is 405 g/mol. The molecule has 0 saturated carbocycles. The zero-order chi connectivity index (χ0) is 19.3. The minimum absolute atomic E-state index is 0.00875. The van der Waals surface area contributed by atoms with Crippen molar-refractivity contribution < 1.29 is 34.5 Å². The molecule has 1 heterocycles. The van der Waals surface area contributed by atoms with Crippen LogP contribution in [0.5, 0.6) is 0 Å². The van der Waals surface area contributed by atoms with Gasteiger partial charge >= 0.3 is 0 Å². The number of thioether (sulfide) groups is 1. The van der Waals surface area contributed by atoms with Crippen LogP contribution in [0.15, 0.2) is 24.3 Å². The van der Waals surface area contributed by atoms with Crippen molar-refractivity contribution in [3.63, 3.8) is 0 Å². The Morgan fingerprint density at radius 2 is 1.92 bits per heavy atom. The van der Waals surface area contributed by atoms with Gasteiger partial charge in [-0.15, -0.1) is 0 Å². The number of non-ortho nitro benzene ring substituents is 1. The average Bonchev–Trinajstić information content (AvgIpc) is 2.64. The molecule has 5 atom stereocenters. The predicted octanol–water partition coefficient (Wildman–Crippen LogP) is 0.583. The number of ether oxygens (including phenoxy) is 3. The molecule has 3 N–H and O–H groups in total. The van der Waals surface area contributed by atoms with Crippen molar-refractivity contribution in [3.05, 3.63) is 39.9 Å². The molecule has 2 rings (SSSR count). The summed E-state index contributed by atoms with van der Waals surface area (Å²) in [5.74, 6) is 0.451. The van der Waals surface area contributed by atoms with Gasteiger partial charge in [0, 0.05) is 25.0 Å². The summed E-state index contributed by atoms with van der Waals surface area (Å²) in [6, 6.07) is 6.07. The molecule has 144 valence electrons. The Balaban J connectivity index is 1.80. The van der Waals surface area contributed by atoms with Gasteiger partial charge in [-0.05, 0) is 17.8 Å². The van der Waals surface area contributed by atoms with Gasteiger partial charge in [-0.1, -0.05) is 23.9 Å². The lowest BCUT2D eigenvalue weighted by Crippen LogP contribution is -2.59. The van der Waals surface area contributed by atoms with E-state index in [9.17, 15) is 25.4 Å². The van der Waals surface area contributed by atoms with Gasteiger partial charge in [-0.3, -0.25) is 10.1 Å². The molecule has 1 aliphatic rings. The van der Waals surface area contributed by atoms with Crippen LogP contribution >= 0.6 is 24.0 Å². The van der Waals surface area contributed by atoms with Gasteiger partial charge in [0.25, 0.3) is 5.69 Å². The van der Waals surface area contributed by atoms with Crippen molar-refractivity contribution >= 4 is 34.0 Å². The quantitative estimate of drug-likeness (QED) is 0.351. The predicted molar refractivity (Wildman–Crippen MR) is 96.6 cm³/mol. The smallest absolute Gasteiger partial charge is 0.269 e. The summed E-state index contributed by atoms with van der Waals surface area (Å²) in [6.07, 6.45) is -6.14. The number of nitrogens with zero attached hydrogens (tertiary/aromatic N) is 1. The number of nitro benzene ring substituents is 1. The number of aliphatic hydroxyl groups excluding tert-OH is 3. The summed E-state index contributed by atoms with van der Waals surface area (Å²) in [5.41, 5.74) is 0.841. The highest BCUT2D eigenvalue weighted by Crippen LogP contribution is 2.23. The molecule has 1 saturated heterocycles. The third-order valence-electron chi connectivity index (χ3n) is 3.77. The molecular weight excluding hydrogens is 386 g/mol. The van der Waals surface area contributed by atoms with Gasteiger partial charge < -0.3 is 29.5 Å². The van der Waals surface area contributed by atoms with E-state index in [0.717, 1.165) is 5.56 Å². The van der Waals surface area contributed by atoms with E-state index < -0.39 is 35.6 Å². The maximum absolute atomic E-state index is 10.6. The Kier molecular flexibility index (Phi) is 7.70. The summed E-state index contributed by atoms with van der Waals surface area (Å²) in [7, 11) is 1.31. The molecule has 0 amide bonds. The number of rotatable bonds is 6. The summed E-state index contributed by atoms with van der Waals surface area (Å²) in [4.78, 5) is 10.1. The first-order valence-corrected chi connectivity index (χ1v) is 8.98. The van der Waals surface area contributed by atoms with Gasteiger partial charge in [0.2, 0.25) is 4.38 Å². The van der Waals surface area contributed by atoms with Crippen LogP contribution in [0, 0.1) is 10.1 Å². The van der Waals surface area contributed by atoms with Crippen LogP contribution in [0.3, 0.4) is 0 Å². The Morgan fingerprint density at radius 1 is 1.27 bits per heavy atom. The second kappa shape index (κ2) is 9.55.